The summed E-state index contributed by atoms with van der Waals surface area (Å²) >= 11 is 0. The van der Waals surface area contributed by atoms with Gasteiger partial charge in [0.1, 0.15) is 0 Å². The highest BCUT2D eigenvalue weighted by Gasteiger charge is 2.26. The number of benzene rings is 1. The molecule has 0 amide bonds. The number of hydrogen-bond donors (Lipinski definition) is 2. The van der Waals surface area contributed by atoms with Crippen molar-refractivity contribution in [2.45, 2.75) is 13.3 Å². The lowest BCUT2D eigenvalue weighted by Gasteiger charge is -2.14. The van der Waals surface area contributed by atoms with Gasteiger partial charge in [-0.15, -0.1) is 0 Å². The molecule has 6 nitrogen and oxygen atoms in total. The Labute approximate surface area is 126 Å². The third-order valence-corrected chi connectivity index (χ3v) is 3.56. The van der Waals surface area contributed by atoms with Crippen LogP contribution in [0.2, 0.25) is 0 Å². The van der Waals surface area contributed by atoms with E-state index >= 15 is 0 Å². The van der Waals surface area contributed by atoms with Crippen LogP contribution >= 0.6 is 0 Å². The van der Waals surface area contributed by atoms with E-state index in [-0.39, 0.29) is 34.7 Å². The van der Waals surface area contributed by atoms with Crippen molar-refractivity contribution in [3.63, 3.8) is 0 Å². The standard InChI is InChI=1S/C16H14O6/c1-8-4-14(19)12-5-9(2-3-11(12)15(8)20)13(18)6-10(7-17)16(21)22/h2-5,10,17H,6-7H2,1H3,(H,21,22)/t10-/m0/s1. The Kier molecular flexibility index (Phi) is 4.32. The number of rotatable bonds is 5. The lowest BCUT2D eigenvalue weighted by atomic mass is 9.87. The van der Waals surface area contributed by atoms with Crippen LogP contribution in [-0.4, -0.2) is 40.1 Å². The van der Waals surface area contributed by atoms with Crippen molar-refractivity contribution in [2.75, 3.05) is 6.61 Å². The van der Waals surface area contributed by atoms with Crippen LogP contribution < -0.4 is 0 Å². The van der Waals surface area contributed by atoms with Gasteiger partial charge >= 0.3 is 5.97 Å². The first-order valence-corrected chi connectivity index (χ1v) is 6.63. The quantitative estimate of drug-likeness (QED) is 0.793. The molecule has 1 aromatic rings. The SMILES string of the molecule is CC1=CC(=O)c2cc(C(=O)C[C@@H](CO)C(=O)O)ccc2C1=O. The molecule has 2 N–H and O–H groups in total. The Morgan fingerprint density at radius 1 is 1.18 bits per heavy atom. The summed E-state index contributed by atoms with van der Waals surface area (Å²) in [6, 6.07) is 4.09. The molecule has 0 unspecified atom stereocenters. The molecule has 114 valence electrons. The first kappa shape index (κ1) is 15.8. The number of carboxylic acids is 1. The van der Waals surface area contributed by atoms with Crippen molar-refractivity contribution < 1.29 is 29.4 Å². The molecule has 1 aliphatic rings. The summed E-state index contributed by atoms with van der Waals surface area (Å²) in [5.74, 6) is -3.59. The van der Waals surface area contributed by atoms with Gasteiger partial charge in [0.25, 0.3) is 0 Å². The van der Waals surface area contributed by atoms with E-state index in [9.17, 15) is 19.2 Å². The molecular weight excluding hydrogens is 288 g/mol. The first-order chi connectivity index (χ1) is 10.3. The minimum Gasteiger partial charge on any atom is -0.481 e. The fourth-order valence-electron chi connectivity index (χ4n) is 2.24. The van der Waals surface area contributed by atoms with Gasteiger partial charge in [0.15, 0.2) is 17.3 Å². The number of ketones is 3. The molecule has 22 heavy (non-hydrogen) atoms. The van der Waals surface area contributed by atoms with Crippen LogP contribution in [0.15, 0.2) is 29.8 Å². The third-order valence-electron chi connectivity index (χ3n) is 3.56. The van der Waals surface area contributed by atoms with Crippen LogP contribution in [0.25, 0.3) is 0 Å². The maximum atomic E-state index is 12.1. The highest BCUT2D eigenvalue weighted by molar-refractivity contribution is 6.24. The van der Waals surface area contributed by atoms with Crippen LogP contribution in [0.5, 0.6) is 0 Å². The number of aliphatic carboxylic acids is 1. The fourth-order valence-corrected chi connectivity index (χ4v) is 2.24. The molecular formula is C16H14O6. The van der Waals surface area contributed by atoms with Crippen LogP contribution in [0, 0.1) is 5.92 Å². The van der Waals surface area contributed by atoms with E-state index in [2.05, 4.69) is 0 Å². The lowest BCUT2D eigenvalue weighted by Crippen LogP contribution is -2.22. The predicted octanol–water partition coefficient (Wildman–Crippen LogP) is 1.28. The third kappa shape index (κ3) is 2.87. The molecule has 1 aromatic carbocycles. The topological polar surface area (TPSA) is 109 Å². The fraction of sp³-hybridized carbons (Fsp3) is 0.250. The van der Waals surface area contributed by atoms with E-state index in [1.807, 2.05) is 0 Å². The predicted molar refractivity (Wildman–Crippen MR) is 76.0 cm³/mol. The van der Waals surface area contributed by atoms with Crippen LogP contribution in [0.4, 0.5) is 0 Å². The number of allylic oxidation sites excluding steroid dienone is 2. The number of carboxylic acid groups (broad SMARTS) is 1. The van der Waals surface area contributed by atoms with E-state index < -0.39 is 24.3 Å². The molecule has 0 radical (unpaired) electrons. The molecule has 2 rings (SSSR count). The number of aliphatic hydroxyl groups is 1. The van der Waals surface area contributed by atoms with Crippen LogP contribution in [0.3, 0.4) is 0 Å². The summed E-state index contributed by atoms with van der Waals surface area (Å²) in [6.07, 6.45) is 0.842. The summed E-state index contributed by atoms with van der Waals surface area (Å²) in [6.45, 7) is 0.895. The Hall–Kier alpha value is -2.60. The smallest absolute Gasteiger partial charge is 0.309 e. The number of carbonyl (C=O) groups is 4. The van der Waals surface area contributed by atoms with E-state index in [0.29, 0.717) is 5.57 Å². The number of fused-ring (bicyclic) bond motifs is 1. The first-order valence-electron chi connectivity index (χ1n) is 6.63. The van der Waals surface area contributed by atoms with Crippen molar-refractivity contribution >= 4 is 23.3 Å². The minimum atomic E-state index is -1.27. The van der Waals surface area contributed by atoms with Gasteiger partial charge in [-0.25, -0.2) is 0 Å². The molecule has 0 saturated carbocycles. The molecule has 0 spiro atoms. The Bertz CT molecular complexity index is 713. The highest BCUT2D eigenvalue weighted by Crippen LogP contribution is 2.23. The Balaban J connectivity index is 2.32. The average molecular weight is 302 g/mol. The maximum absolute atomic E-state index is 12.1. The van der Waals surface area contributed by atoms with Crippen molar-refractivity contribution in [3.05, 3.63) is 46.5 Å². The second-order valence-corrected chi connectivity index (χ2v) is 5.13. The van der Waals surface area contributed by atoms with Gasteiger partial charge in [0.2, 0.25) is 0 Å². The van der Waals surface area contributed by atoms with Crippen molar-refractivity contribution in [1.82, 2.24) is 0 Å². The maximum Gasteiger partial charge on any atom is 0.309 e. The minimum absolute atomic E-state index is 0.136. The average Bonchev–Trinajstić information content (AvgIpc) is 2.49. The Morgan fingerprint density at radius 2 is 1.86 bits per heavy atom. The van der Waals surface area contributed by atoms with Crippen LogP contribution in [0.1, 0.15) is 44.4 Å². The molecule has 0 bridgehead atoms. The molecule has 1 aliphatic carbocycles. The van der Waals surface area contributed by atoms with Gasteiger partial charge in [-0.1, -0.05) is 6.07 Å². The second-order valence-electron chi connectivity index (χ2n) is 5.13. The number of aliphatic hydroxyl groups excluding tert-OH is 1. The zero-order valence-electron chi connectivity index (χ0n) is 11.8. The summed E-state index contributed by atoms with van der Waals surface area (Å²) in [7, 11) is 0. The van der Waals surface area contributed by atoms with E-state index in [4.69, 9.17) is 10.2 Å². The zero-order valence-corrected chi connectivity index (χ0v) is 11.8. The normalized spacial score (nSPS) is 15.1. The van der Waals surface area contributed by atoms with Crippen molar-refractivity contribution in [2.24, 2.45) is 5.92 Å². The van der Waals surface area contributed by atoms with E-state index in [0.717, 1.165) is 0 Å². The molecule has 0 heterocycles. The van der Waals surface area contributed by atoms with Gasteiger partial charge in [-0.05, 0) is 25.1 Å². The monoisotopic (exact) mass is 302 g/mol. The molecule has 0 aliphatic heterocycles. The van der Waals surface area contributed by atoms with Gasteiger partial charge < -0.3 is 10.2 Å². The van der Waals surface area contributed by atoms with Crippen molar-refractivity contribution in [3.8, 4) is 0 Å². The second kappa shape index (κ2) is 6.03. The van der Waals surface area contributed by atoms with Crippen LogP contribution in [-0.2, 0) is 4.79 Å². The Morgan fingerprint density at radius 3 is 2.45 bits per heavy atom. The van der Waals surface area contributed by atoms with Gasteiger partial charge in [-0.3, -0.25) is 19.2 Å². The molecule has 1 atom stereocenters. The number of carbonyl (C=O) groups excluding carboxylic acids is 3. The largest absolute Gasteiger partial charge is 0.481 e. The summed E-state index contributed by atoms with van der Waals surface area (Å²) in [5.41, 5.74) is 0.853. The summed E-state index contributed by atoms with van der Waals surface area (Å²) < 4.78 is 0. The van der Waals surface area contributed by atoms with E-state index in [1.54, 1.807) is 6.92 Å². The molecule has 6 heteroatoms. The molecule has 0 aromatic heterocycles. The molecule has 0 saturated heterocycles. The highest BCUT2D eigenvalue weighted by atomic mass is 16.4. The van der Waals surface area contributed by atoms with Gasteiger partial charge in [-0.2, -0.15) is 0 Å². The van der Waals surface area contributed by atoms with E-state index in [1.165, 1.54) is 24.3 Å². The van der Waals surface area contributed by atoms with Gasteiger partial charge in [0, 0.05) is 28.7 Å². The zero-order chi connectivity index (χ0) is 16.4. The number of Topliss-reactive ketones (excluding diaryl/α,β-unsaturated/α-hetero) is 2. The lowest BCUT2D eigenvalue weighted by molar-refractivity contribution is -0.142. The molecule has 0 fully saturated rings. The summed E-state index contributed by atoms with van der Waals surface area (Å²) in [4.78, 5) is 46.8. The van der Waals surface area contributed by atoms with Crippen molar-refractivity contribution in [1.29, 1.82) is 0 Å². The number of hydrogen-bond acceptors (Lipinski definition) is 5. The summed E-state index contributed by atoms with van der Waals surface area (Å²) in [5, 5.41) is 17.8. The van der Waals surface area contributed by atoms with Gasteiger partial charge in [0.05, 0.1) is 12.5 Å².